The number of imide groups is 1. The van der Waals surface area contributed by atoms with E-state index in [0.29, 0.717) is 11.6 Å². The maximum atomic E-state index is 13.4. The van der Waals surface area contributed by atoms with Gasteiger partial charge in [0, 0.05) is 30.8 Å². The zero-order valence-corrected chi connectivity index (χ0v) is 17.6. The quantitative estimate of drug-likeness (QED) is 0.761. The number of rotatable bonds is 3. The Hall–Kier alpha value is -3.06. The van der Waals surface area contributed by atoms with Crippen LogP contribution < -0.4 is 4.90 Å². The summed E-state index contributed by atoms with van der Waals surface area (Å²) in [5.41, 5.74) is 2.97. The third-order valence-electron chi connectivity index (χ3n) is 6.07. The Morgan fingerprint density at radius 1 is 1.07 bits per heavy atom. The number of amides is 3. The molecular formula is C22H22ClN5O2. The van der Waals surface area contributed by atoms with Gasteiger partial charge in [0.2, 0.25) is 5.96 Å². The van der Waals surface area contributed by atoms with Crippen molar-refractivity contribution in [2.45, 2.75) is 25.7 Å². The van der Waals surface area contributed by atoms with E-state index in [-0.39, 0.29) is 18.5 Å². The Kier molecular flexibility index (Phi) is 4.43. The highest BCUT2D eigenvalue weighted by molar-refractivity contribution is 6.31. The minimum atomic E-state index is -0.519. The molecule has 0 saturated carbocycles. The Balaban J connectivity index is 1.46. The first-order valence-electron chi connectivity index (χ1n) is 9.96. The van der Waals surface area contributed by atoms with Crippen molar-refractivity contribution in [2.75, 3.05) is 25.0 Å². The first-order valence-corrected chi connectivity index (χ1v) is 10.3. The zero-order chi connectivity index (χ0) is 21.0. The number of benzene rings is 2. The predicted molar refractivity (Wildman–Crippen MR) is 115 cm³/mol. The Labute approximate surface area is 180 Å². The highest BCUT2D eigenvalue weighted by atomic mass is 35.5. The van der Waals surface area contributed by atoms with Crippen molar-refractivity contribution >= 4 is 35.2 Å². The van der Waals surface area contributed by atoms with Gasteiger partial charge in [-0.05, 0) is 30.2 Å². The Morgan fingerprint density at radius 2 is 1.80 bits per heavy atom. The number of carbonyl (C=O) groups is 2. The molecular weight excluding hydrogens is 402 g/mol. The Bertz CT molecular complexity index is 1070. The number of guanidine groups is 1. The number of fused-ring (bicyclic) bond motifs is 3. The molecule has 2 saturated heterocycles. The van der Waals surface area contributed by atoms with Crippen molar-refractivity contribution in [3.05, 3.63) is 64.7 Å². The van der Waals surface area contributed by atoms with Gasteiger partial charge in [0.1, 0.15) is 0 Å². The number of hydrogen-bond donors (Lipinski definition) is 0. The summed E-state index contributed by atoms with van der Waals surface area (Å²) in [7, 11) is 1.70. The lowest BCUT2D eigenvalue weighted by Crippen LogP contribution is -2.64. The van der Waals surface area contributed by atoms with Gasteiger partial charge in [0.05, 0.1) is 6.54 Å². The average Bonchev–Trinajstić information content (AvgIpc) is 3.31. The normalized spacial score (nSPS) is 23.1. The van der Waals surface area contributed by atoms with Crippen LogP contribution in [-0.2, 0) is 11.3 Å². The van der Waals surface area contributed by atoms with Crippen LogP contribution in [0.5, 0.6) is 0 Å². The molecule has 3 aliphatic heterocycles. The maximum Gasteiger partial charge on any atom is 0.328 e. The molecule has 8 heteroatoms. The van der Waals surface area contributed by atoms with Crippen LogP contribution in [0.1, 0.15) is 11.1 Å². The molecule has 0 aliphatic carbocycles. The minimum Gasteiger partial charge on any atom is -0.325 e. The van der Waals surface area contributed by atoms with Gasteiger partial charge in [0.25, 0.3) is 5.91 Å². The fourth-order valence-corrected chi connectivity index (χ4v) is 4.67. The van der Waals surface area contributed by atoms with Gasteiger partial charge in [-0.2, -0.15) is 0 Å². The molecule has 5 rings (SSSR count). The van der Waals surface area contributed by atoms with Gasteiger partial charge in [-0.25, -0.2) is 9.79 Å². The van der Waals surface area contributed by atoms with Crippen LogP contribution in [0.2, 0.25) is 5.02 Å². The van der Waals surface area contributed by atoms with E-state index in [9.17, 15) is 9.59 Å². The number of likely N-dealkylation sites (N-methyl/N-ethyl adjacent to an activating group) is 1. The number of aryl methyl sites for hydroxylation is 1. The molecule has 7 nitrogen and oxygen atoms in total. The fourth-order valence-electron chi connectivity index (χ4n) is 4.47. The standard InChI is InChI=1S/C22H22ClN5O2/c1-14-7-3-6-10-17(14)26-11-12-27-18-19(24-21(26)27)25(2)22(30)28(20(18)29)13-15-8-4-5-9-16(15)23/h3-10,18-19H,11-13H2,1-2H3. The summed E-state index contributed by atoms with van der Waals surface area (Å²) in [6.45, 7) is 3.65. The summed E-state index contributed by atoms with van der Waals surface area (Å²) in [5.74, 6) is 0.528. The molecule has 2 aromatic rings. The topological polar surface area (TPSA) is 59.5 Å². The summed E-state index contributed by atoms with van der Waals surface area (Å²) in [4.78, 5) is 38.3. The van der Waals surface area contributed by atoms with Crippen molar-refractivity contribution in [1.82, 2.24) is 14.7 Å². The number of nitrogens with zero attached hydrogens (tertiary/aromatic N) is 5. The maximum absolute atomic E-state index is 13.4. The van der Waals surface area contributed by atoms with Crippen LogP contribution in [0.15, 0.2) is 53.5 Å². The minimum absolute atomic E-state index is 0.148. The second kappa shape index (κ2) is 7.02. The van der Waals surface area contributed by atoms with Crippen molar-refractivity contribution in [2.24, 2.45) is 4.99 Å². The van der Waals surface area contributed by atoms with E-state index in [1.807, 2.05) is 35.2 Å². The molecule has 0 radical (unpaired) electrons. The molecule has 2 fully saturated rings. The number of para-hydroxylation sites is 1. The average molecular weight is 424 g/mol. The summed E-state index contributed by atoms with van der Waals surface area (Å²) in [6.07, 6.45) is -0.519. The van der Waals surface area contributed by atoms with Crippen LogP contribution >= 0.6 is 11.6 Å². The molecule has 3 aliphatic rings. The van der Waals surface area contributed by atoms with E-state index in [1.54, 1.807) is 18.0 Å². The predicted octanol–water partition coefficient (Wildman–Crippen LogP) is 2.93. The largest absolute Gasteiger partial charge is 0.328 e. The van der Waals surface area contributed by atoms with Crippen LogP contribution in [0, 0.1) is 6.92 Å². The monoisotopic (exact) mass is 423 g/mol. The Morgan fingerprint density at radius 3 is 2.57 bits per heavy atom. The molecule has 154 valence electrons. The smallest absolute Gasteiger partial charge is 0.325 e. The van der Waals surface area contributed by atoms with Crippen molar-refractivity contribution in [3.63, 3.8) is 0 Å². The lowest BCUT2D eigenvalue weighted by atomic mass is 10.1. The van der Waals surface area contributed by atoms with Gasteiger partial charge in [-0.3, -0.25) is 9.69 Å². The van der Waals surface area contributed by atoms with E-state index >= 15 is 0 Å². The highest BCUT2D eigenvalue weighted by Crippen LogP contribution is 2.35. The van der Waals surface area contributed by atoms with Crippen LogP contribution in [0.25, 0.3) is 0 Å². The van der Waals surface area contributed by atoms with Gasteiger partial charge < -0.3 is 14.7 Å². The lowest BCUT2D eigenvalue weighted by Gasteiger charge is -2.40. The lowest BCUT2D eigenvalue weighted by molar-refractivity contribution is -0.137. The third kappa shape index (κ3) is 2.76. The number of halogens is 1. The summed E-state index contributed by atoms with van der Waals surface area (Å²) in [6, 6.07) is 14.5. The SMILES string of the molecule is Cc1ccccc1N1CCN2C1=NC1C2C(=O)N(Cc2ccccc2Cl)C(=O)N1C. The van der Waals surface area contributed by atoms with Gasteiger partial charge in [-0.15, -0.1) is 0 Å². The molecule has 2 atom stereocenters. The number of urea groups is 1. The van der Waals surface area contributed by atoms with E-state index in [4.69, 9.17) is 16.6 Å². The molecule has 30 heavy (non-hydrogen) atoms. The number of hydrogen-bond acceptors (Lipinski definition) is 5. The number of carbonyl (C=O) groups excluding carboxylic acids is 2. The summed E-state index contributed by atoms with van der Waals surface area (Å²) >= 11 is 6.27. The van der Waals surface area contributed by atoms with Crippen LogP contribution in [0.3, 0.4) is 0 Å². The first-order chi connectivity index (χ1) is 14.5. The molecule has 0 aromatic heterocycles. The summed E-state index contributed by atoms with van der Waals surface area (Å²) in [5, 5.41) is 0.540. The first kappa shape index (κ1) is 18.9. The van der Waals surface area contributed by atoms with Crippen molar-refractivity contribution < 1.29 is 9.59 Å². The van der Waals surface area contributed by atoms with Gasteiger partial charge in [0.15, 0.2) is 12.2 Å². The molecule has 3 heterocycles. The van der Waals surface area contributed by atoms with Crippen molar-refractivity contribution in [3.8, 4) is 0 Å². The molecule has 0 spiro atoms. The van der Waals surface area contributed by atoms with Crippen LogP contribution in [0.4, 0.5) is 10.5 Å². The molecule has 0 N–H and O–H groups in total. The molecule has 2 aromatic carbocycles. The zero-order valence-electron chi connectivity index (χ0n) is 16.8. The fraction of sp³-hybridized carbons (Fsp3) is 0.318. The highest BCUT2D eigenvalue weighted by Gasteiger charge is 2.54. The summed E-state index contributed by atoms with van der Waals surface area (Å²) < 4.78 is 0. The molecule has 0 bridgehead atoms. The third-order valence-corrected chi connectivity index (χ3v) is 6.44. The van der Waals surface area contributed by atoms with E-state index < -0.39 is 12.2 Å². The van der Waals surface area contributed by atoms with E-state index in [2.05, 4.69) is 24.0 Å². The van der Waals surface area contributed by atoms with Gasteiger partial charge >= 0.3 is 6.03 Å². The second-order valence-corrected chi connectivity index (χ2v) is 8.24. The second-order valence-electron chi connectivity index (χ2n) is 7.83. The van der Waals surface area contributed by atoms with E-state index in [0.717, 1.165) is 29.3 Å². The molecule has 2 unspecified atom stereocenters. The number of aliphatic imine (C=N–C) groups is 1. The van der Waals surface area contributed by atoms with Gasteiger partial charge in [-0.1, -0.05) is 48.0 Å². The number of anilines is 1. The van der Waals surface area contributed by atoms with Crippen LogP contribution in [-0.4, -0.2) is 64.9 Å². The molecule has 3 amide bonds. The van der Waals surface area contributed by atoms with Crippen molar-refractivity contribution in [1.29, 1.82) is 0 Å². The van der Waals surface area contributed by atoms with E-state index in [1.165, 1.54) is 4.90 Å².